The van der Waals surface area contributed by atoms with Gasteiger partial charge in [0.15, 0.2) is 0 Å². The lowest BCUT2D eigenvalue weighted by Crippen LogP contribution is -2.39. The van der Waals surface area contributed by atoms with Crippen LogP contribution in [0.1, 0.15) is 46.6 Å². The molecule has 0 N–H and O–H groups in total. The number of benzene rings is 3. The van der Waals surface area contributed by atoms with Gasteiger partial charge < -0.3 is 19.1 Å². The molecule has 3 aromatic carbocycles. The largest absolute Gasteiger partial charge is 0.496 e. The number of rotatable bonds is 8. The second-order valence-corrected chi connectivity index (χ2v) is 12.1. The molecule has 232 valence electrons. The minimum Gasteiger partial charge on any atom is -0.496 e. The zero-order valence-electron chi connectivity index (χ0n) is 25.3. The van der Waals surface area contributed by atoms with Crippen LogP contribution in [0.2, 0.25) is 10.0 Å². The molecule has 2 fully saturated rings. The zero-order chi connectivity index (χ0) is 31.8. The summed E-state index contributed by atoms with van der Waals surface area (Å²) in [6.45, 7) is 5.82. The van der Waals surface area contributed by atoms with Crippen LogP contribution in [0.3, 0.4) is 0 Å². The number of halogens is 2. The third kappa shape index (κ3) is 6.02. The van der Waals surface area contributed by atoms with Crippen LogP contribution in [0.4, 0.5) is 10.7 Å². The summed E-state index contributed by atoms with van der Waals surface area (Å²) in [4.78, 5) is 38.9. The number of carbonyl (C=O) groups excluding carboxylic acids is 2. The number of carbonyl (C=O) groups is 2. The topological polar surface area (TPSA) is 94.1 Å². The van der Waals surface area contributed by atoms with E-state index in [1.807, 2.05) is 44.2 Å². The maximum Gasteiger partial charge on any atom is 0.411 e. The quantitative estimate of drug-likeness (QED) is 0.182. The number of amides is 1. The number of anilines is 1. The molecule has 0 saturated carbocycles. The van der Waals surface area contributed by atoms with Gasteiger partial charge in [-0.25, -0.2) is 19.6 Å². The van der Waals surface area contributed by atoms with E-state index in [4.69, 9.17) is 47.4 Å². The zero-order valence-corrected chi connectivity index (χ0v) is 26.9. The van der Waals surface area contributed by atoms with Crippen LogP contribution in [0.25, 0.3) is 22.3 Å². The summed E-state index contributed by atoms with van der Waals surface area (Å²) in [5.74, 6) is 0.856. The number of hydrogen-bond acceptors (Lipinski definition) is 8. The minimum atomic E-state index is -0.553. The van der Waals surface area contributed by atoms with Gasteiger partial charge in [0.05, 0.1) is 38.1 Å². The highest BCUT2D eigenvalue weighted by atomic mass is 35.5. The van der Waals surface area contributed by atoms with Crippen LogP contribution in [0.15, 0.2) is 60.8 Å². The van der Waals surface area contributed by atoms with Gasteiger partial charge in [-0.2, -0.15) is 0 Å². The Hall–Kier alpha value is -4.34. The molecule has 1 amide bonds. The van der Waals surface area contributed by atoms with Gasteiger partial charge in [-0.3, -0.25) is 4.90 Å². The number of esters is 1. The van der Waals surface area contributed by atoms with Gasteiger partial charge in [-0.15, -0.1) is 0 Å². The smallest absolute Gasteiger partial charge is 0.411 e. The molecule has 6 rings (SSSR count). The second kappa shape index (κ2) is 12.6. The summed E-state index contributed by atoms with van der Waals surface area (Å²) < 4.78 is 16.5. The molecule has 11 heteroatoms. The van der Waals surface area contributed by atoms with Crippen LogP contribution in [0, 0.1) is 6.92 Å². The van der Waals surface area contributed by atoms with Gasteiger partial charge in [0.2, 0.25) is 5.95 Å². The van der Waals surface area contributed by atoms with Crippen molar-refractivity contribution >= 4 is 41.2 Å². The summed E-state index contributed by atoms with van der Waals surface area (Å²) in [5, 5.41) is 0.942. The van der Waals surface area contributed by atoms with Crippen molar-refractivity contribution in [2.75, 3.05) is 32.2 Å². The number of ether oxygens (including phenoxy) is 3. The average molecular weight is 648 g/mol. The normalized spacial score (nSPS) is 17.6. The van der Waals surface area contributed by atoms with Gasteiger partial charge in [0.1, 0.15) is 11.9 Å². The first kappa shape index (κ1) is 30.7. The standard InChI is InChI=1S/C34H32Cl2N4O5/c1-19-12-22(32(41)44-4)6-8-26(19)21-7-9-30(43-3)27(15-21)28-17-37-33(39-10-5-11-39)38-29(28)18-40-20(2)31(45-34(40)42)23-13-24(35)16-25(36)14-23/h6-9,12-17,20,31H,5,10-11,18H2,1-4H3. The Morgan fingerprint density at radius 3 is 2.40 bits per heavy atom. The Balaban J connectivity index is 1.40. The maximum atomic E-state index is 13.3. The summed E-state index contributed by atoms with van der Waals surface area (Å²) in [6, 6.07) is 16.2. The molecular weight excluding hydrogens is 615 g/mol. The van der Waals surface area contributed by atoms with Crippen molar-refractivity contribution < 1.29 is 23.8 Å². The van der Waals surface area contributed by atoms with Crippen molar-refractivity contribution in [3.05, 3.63) is 93.2 Å². The van der Waals surface area contributed by atoms with E-state index in [0.717, 1.165) is 52.9 Å². The van der Waals surface area contributed by atoms with E-state index >= 15 is 0 Å². The molecule has 0 bridgehead atoms. The van der Waals surface area contributed by atoms with E-state index in [0.29, 0.717) is 33.0 Å². The van der Waals surface area contributed by atoms with E-state index < -0.39 is 12.2 Å². The van der Waals surface area contributed by atoms with Gasteiger partial charge in [0, 0.05) is 40.5 Å². The molecule has 2 unspecified atom stereocenters. The van der Waals surface area contributed by atoms with Crippen molar-refractivity contribution in [2.24, 2.45) is 0 Å². The summed E-state index contributed by atoms with van der Waals surface area (Å²) in [7, 11) is 2.98. The van der Waals surface area contributed by atoms with E-state index in [1.165, 1.54) is 7.11 Å². The number of nitrogens with zero attached hydrogens (tertiary/aromatic N) is 4. The fraction of sp³-hybridized carbons (Fsp3) is 0.294. The molecule has 0 radical (unpaired) electrons. The molecule has 45 heavy (non-hydrogen) atoms. The molecule has 4 aromatic rings. The molecule has 0 spiro atoms. The third-order valence-corrected chi connectivity index (χ3v) is 8.80. The van der Waals surface area contributed by atoms with Crippen molar-refractivity contribution in [3.63, 3.8) is 0 Å². The molecule has 2 aliphatic heterocycles. The Kier molecular flexibility index (Phi) is 8.57. The molecule has 2 atom stereocenters. The number of aryl methyl sites for hydroxylation is 1. The molecule has 2 aliphatic rings. The van der Waals surface area contributed by atoms with Crippen LogP contribution < -0.4 is 9.64 Å². The summed E-state index contributed by atoms with van der Waals surface area (Å²) in [6.07, 6.45) is 1.86. The molecule has 2 saturated heterocycles. The Morgan fingerprint density at radius 2 is 1.76 bits per heavy atom. The van der Waals surface area contributed by atoms with Crippen LogP contribution in [0.5, 0.6) is 5.75 Å². The van der Waals surface area contributed by atoms with E-state index in [2.05, 4.69) is 4.90 Å². The van der Waals surface area contributed by atoms with E-state index in [-0.39, 0.29) is 18.6 Å². The highest BCUT2D eigenvalue weighted by Gasteiger charge is 2.40. The lowest BCUT2D eigenvalue weighted by Gasteiger charge is -2.31. The van der Waals surface area contributed by atoms with Crippen LogP contribution in [-0.4, -0.2) is 60.3 Å². The lowest BCUT2D eigenvalue weighted by atomic mass is 9.94. The summed E-state index contributed by atoms with van der Waals surface area (Å²) in [5.41, 5.74) is 6.16. The van der Waals surface area contributed by atoms with Crippen molar-refractivity contribution in [3.8, 4) is 28.0 Å². The Bertz CT molecular complexity index is 1770. The highest BCUT2D eigenvalue weighted by molar-refractivity contribution is 6.34. The number of aromatic nitrogens is 2. The predicted octanol–water partition coefficient (Wildman–Crippen LogP) is 7.51. The first-order valence-corrected chi connectivity index (χ1v) is 15.3. The van der Waals surface area contributed by atoms with Crippen molar-refractivity contribution in [2.45, 2.75) is 39.0 Å². The Morgan fingerprint density at radius 1 is 1.00 bits per heavy atom. The first-order chi connectivity index (χ1) is 21.7. The molecular formula is C34H32Cl2N4O5. The third-order valence-electron chi connectivity index (χ3n) is 8.37. The molecule has 9 nitrogen and oxygen atoms in total. The number of cyclic esters (lactones) is 1. The van der Waals surface area contributed by atoms with Gasteiger partial charge in [-0.1, -0.05) is 35.3 Å². The molecule has 3 heterocycles. The van der Waals surface area contributed by atoms with Crippen molar-refractivity contribution in [1.82, 2.24) is 14.9 Å². The lowest BCUT2D eigenvalue weighted by molar-refractivity contribution is 0.0600. The Labute approximate surface area is 271 Å². The van der Waals surface area contributed by atoms with Gasteiger partial charge in [0.25, 0.3) is 0 Å². The maximum absolute atomic E-state index is 13.3. The SMILES string of the molecule is COC(=O)c1ccc(-c2ccc(OC)c(-c3cnc(N4CCC4)nc3CN3C(=O)OC(c4cc(Cl)cc(Cl)c4)C3C)c2)c(C)c1. The summed E-state index contributed by atoms with van der Waals surface area (Å²) >= 11 is 12.5. The number of methoxy groups -OCH3 is 2. The second-order valence-electron chi connectivity index (χ2n) is 11.2. The fourth-order valence-electron chi connectivity index (χ4n) is 5.80. The van der Waals surface area contributed by atoms with Crippen LogP contribution in [-0.2, 0) is 16.0 Å². The van der Waals surface area contributed by atoms with Gasteiger partial charge in [-0.05, 0) is 85.0 Å². The van der Waals surface area contributed by atoms with E-state index in [1.54, 1.807) is 42.5 Å². The predicted molar refractivity (Wildman–Crippen MR) is 173 cm³/mol. The monoisotopic (exact) mass is 646 g/mol. The number of hydrogen-bond donors (Lipinski definition) is 0. The minimum absolute atomic E-state index is 0.184. The van der Waals surface area contributed by atoms with Gasteiger partial charge >= 0.3 is 12.1 Å². The van der Waals surface area contributed by atoms with Crippen LogP contribution >= 0.6 is 23.2 Å². The van der Waals surface area contributed by atoms with E-state index in [9.17, 15) is 9.59 Å². The fourth-order valence-corrected chi connectivity index (χ4v) is 6.34. The first-order valence-electron chi connectivity index (χ1n) is 14.6. The molecule has 0 aliphatic carbocycles. The highest BCUT2D eigenvalue weighted by Crippen LogP contribution is 2.40. The average Bonchev–Trinajstić information content (AvgIpc) is 3.27. The van der Waals surface area contributed by atoms with Crippen molar-refractivity contribution in [1.29, 1.82) is 0 Å². The molecule has 1 aromatic heterocycles.